The molecule has 1 atom stereocenters. The molecule has 0 saturated carbocycles. The van der Waals surface area contributed by atoms with Gasteiger partial charge in [0.05, 0.1) is 26.7 Å². The summed E-state index contributed by atoms with van der Waals surface area (Å²) >= 11 is 0. The van der Waals surface area contributed by atoms with Gasteiger partial charge in [-0.2, -0.15) is 5.26 Å². The zero-order valence-electron chi connectivity index (χ0n) is 17.8. The van der Waals surface area contributed by atoms with Crippen LogP contribution in [0.2, 0.25) is 0 Å². The molecule has 0 spiro atoms. The van der Waals surface area contributed by atoms with Gasteiger partial charge in [-0.25, -0.2) is 0 Å². The molecule has 3 aromatic rings. The van der Waals surface area contributed by atoms with Crippen molar-refractivity contribution in [2.75, 3.05) is 40.4 Å². The summed E-state index contributed by atoms with van der Waals surface area (Å²) in [6, 6.07) is 15.5. The van der Waals surface area contributed by atoms with Crippen LogP contribution in [0.25, 0.3) is 10.9 Å². The maximum atomic E-state index is 12.9. The molecule has 7 heteroatoms. The first-order chi connectivity index (χ1) is 15.1. The number of nitrogens with zero attached hydrogens (tertiary/aromatic N) is 3. The smallest absolute Gasteiger partial charge is 0.227 e. The highest BCUT2D eigenvalue weighted by molar-refractivity contribution is 5.89. The number of methoxy groups -OCH3 is 2. The SMILES string of the molecule is COc1ccc(C(C#N)N2CCN(C(=O)Cc3c[nH]c4ccc(OC)cc34)CC2)cc1. The van der Waals surface area contributed by atoms with Crippen LogP contribution in [0.1, 0.15) is 17.2 Å². The van der Waals surface area contributed by atoms with E-state index in [1.165, 1.54) is 0 Å². The lowest BCUT2D eigenvalue weighted by molar-refractivity contribution is -0.132. The van der Waals surface area contributed by atoms with Crippen LogP contribution in [0, 0.1) is 11.3 Å². The van der Waals surface area contributed by atoms with Crippen molar-refractivity contribution in [3.63, 3.8) is 0 Å². The molecule has 0 bridgehead atoms. The number of aromatic nitrogens is 1. The maximum absolute atomic E-state index is 12.9. The minimum atomic E-state index is -0.329. The maximum Gasteiger partial charge on any atom is 0.227 e. The molecule has 1 N–H and O–H groups in total. The molecule has 4 rings (SSSR count). The molecule has 1 aromatic heterocycles. The van der Waals surface area contributed by atoms with Crippen LogP contribution < -0.4 is 9.47 Å². The van der Waals surface area contributed by atoms with Crippen LogP contribution in [-0.2, 0) is 11.2 Å². The van der Waals surface area contributed by atoms with Gasteiger partial charge in [0.1, 0.15) is 17.5 Å². The van der Waals surface area contributed by atoms with Crippen LogP contribution >= 0.6 is 0 Å². The second kappa shape index (κ2) is 9.11. The van der Waals surface area contributed by atoms with Crippen molar-refractivity contribution in [2.24, 2.45) is 0 Å². The minimum Gasteiger partial charge on any atom is -0.497 e. The van der Waals surface area contributed by atoms with Crippen LogP contribution in [0.5, 0.6) is 11.5 Å². The third-order valence-corrected chi connectivity index (χ3v) is 5.90. The molecule has 1 amide bonds. The molecule has 0 aliphatic carbocycles. The number of carbonyl (C=O) groups is 1. The first-order valence-corrected chi connectivity index (χ1v) is 10.3. The fraction of sp³-hybridized carbons (Fsp3) is 0.333. The quantitative estimate of drug-likeness (QED) is 0.665. The van der Waals surface area contributed by atoms with Crippen molar-refractivity contribution in [3.8, 4) is 17.6 Å². The van der Waals surface area contributed by atoms with Gasteiger partial charge in [0.25, 0.3) is 0 Å². The van der Waals surface area contributed by atoms with E-state index in [1.807, 2.05) is 53.6 Å². The van der Waals surface area contributed by atoms with Gasteiger partial charge in [0.2, 0.25) is 5.91 Å². The second-order valence-electron chi connectivity index (χ2n) is 7.62. The Hall–Kier alpha value is -3.50. The molecule has 1 fully saturated rings. The number of nitrogens with one attached hydrogen (secondary N) is 1. The first kappa shape index (κ1) is 20.8. The predicted molar refractivity (Wildman–Crippen MR) is 118 cm³/mol. The molecule has 1 aliphatic rings. The van der Waals surface area contributed by atoms with Gasteiger partial charge in [0.15, 0.2) is 0 Å². The van der Waals surface area contributed by atoms with E-state index in [2.05, 4.69) is 16.0 Å². The fourth-order valence-electron chi connectivity index (χ4n) is 4.09. The summed E-state index contributed by atoms with van der Waals surface area (Å²) in [6.07, 6.45) is 2.24. The average molecular weight is 418 g/mol. The molecule has 1 aliphatic heterocycles. The van der Waals surface area contributed by atoms with E-state index in [1.54, 1.807) is 14.2 Å². The summed E-state index contributed by atoms with van der Waals surface area (Å²) in [4.78, 5) is 20.2. The number of ether oxygens (including phenoxy) is 2. The Morgan fingerprint density at radius 1 is 1.06 bits per heavy atom. The largest absolute Gasteiger partial charge is 0.497 e. The second-order valence-corrected chi connectivity index (χ2v) is 7.62. The topological polar surface area (TPSA) is 81.6 Å². The standard InChI is InChI=1S/C24H26N4O3/c1-30-19-5-3-17(4-6-19)23(15-25)27-9-11-28(12-10-27)24(29)13-18-16-26-22-8-7-20(31-2)14-21(18)22/h3-8,14,16,23,26H,9-13H2,1-2H3. The number of hydrogen-bond acceptors (Lipinski definition) is 5. The lowest BCUT2D eigenvalue weighted by atomic mass is 10.0. The third kappa shape index (κ3) is 4.35. The van der Waals surface area contributed by atoms with Crippen molar-refractivity contribution in [1.29, 1.82) is 5.26 Å². The van der Waals surface area contributed by atoms with E-state index in [-0.39, 0.29) is 11.9 Å². The van der Waals surface area contributed by atoms with Crippen LogP contribution in [-0.4, -0.2) is 61.1 Å². The Kier molecular flexibility index (Phi) is 6.10. The normalized spacial score (nSPS) is 15.5. The van der Waals surface area contributed by atoms with Crippen molar-refractivity contribution < 1.29 is 14.3 Å². The van der Waals surface area contributed by atoms with Crippen molar-refractivity contribution in [1.82, 2.24) is 14.8 Å². The first-order valence-electron chi connectivity index (χ1n) is 10.3. The van der Waals surface area contributed by atoms with E-state index in [0.29, 0.717) is 32.6 Å². The summed E-state index contributed by atoms with van der Waals surface area (Å²) in [5.74, 6) is 1.64. The van der Waals surface area contributed by atoms with Gasteiger partial charge >= 0.3 is 0 Å². The van der Waals surface area contributed by atoms with Crippen molar-refractivity contribution in [2.45, 2.75) is 12.5 Å². The van der Waals surface area contributed by atoms with Crippen LogP contribution in [0.15, 0.2) is 48.7 Å². The molecular formula is C24H26N4O3. The molecule has 7 nitrogen and oxygen atoms in total. The molecule has 1 saturated heterocycles. The summed E-state index contributed by atoms with van der Waals surface area (Å²) in [7, 11) is 3.26. The Morgan fingerprint density at radius 2 is 1.74 bits per heavy atom. The van der Waals surface area contributed by atoms with E-state index < -0.39 is 0 Å². The Balaban J connectivity index is 1.39. The number of H-pyrrole nitrogens is 1. The van der Waals surface area contributed by atoms with Crippen molar-refractivity contribution >= 4 is 16.8 Å². The number of amides is 1. The molecule has 31 heavy (non-hydrogen) atoms. The summed E-state index contributed by atoms with van der Waals surface area (Å²) in [5, 5.41) is 10.7. The summed E-state index contributed by atoms with van der Waals surface area (Å²) in [5.41, 5.74) is 2.90. The van der Waals surface area contributed by atoms with E-state index >= 15 is 0 Å². The van der Waals surface area contributed by atoms with Crippen molar-refractivity contribution in [3.05, 3.63) is 59.8 Å². The van der Waals surface area contributed by atoms with Gasteiger partial charge in [-0.1, -0.05) is 12.1 Å². The number of piperazine rings is 1. The molecule has 160 valence electrons. The highest BCUT2D eigenvalue weighted by Gasteiger charge is 2.27. The monoisotopic (exact) mass is 418 g/mol. The molecule has 2 heterocycles. The number of nitriles is 1. The highest BCUT2D eigenvalue weighted by atomic mass is 16.5. The number of carbonyl (C=O) groups excluding carboxylic acids is 1. The van der Waals surface area contributed by atoms with Gasteiger partial charge in [-0.05, 0) is 41.5 Å². The molecule has 2 aromatic carbocycles. The summed E-state index contributed by atoms with van der Waals surface area (Å²) in [6.45, 7) is 2.55. The van der Waals surface area contributed by atoms with Gasteiger partial charge in [-0.15, -0.1) is 0 Å². The molecule has 1 unspecified atom stereocenters. The lowest BCUT2D eigenvalue weighted by Gasteiger charge is -2.37. The van der Waals surface area contributed by atoms with Gasteiger partial charge in [-0.3, -0.25) is 9.69 Å². The Morgan fingerprint density at radius 3 is 2.39 bits per heavy atom. The number of benzene rings is 2. The van der Waals surface area contributed by atoms with E-state index in [0.717, 1.165) is 33.5 Å². The average Bonchev–Trinajstić information content (AvgIpc) is 3.22. The minimum absolute atomic E-state index is 0.0984. The van der Waals surface area contributed by atoms with Gasteiger partial charge in [0, 0.05) is 43.3 Å². The van der Waals surface area contributed by atoms with E-state index in [9.17, 15) is 10.1 Å². The number of hydrogen-bond donors (Lipinski definition) is 1. The lowest BCUT2D eigenvalue weighted by Crippen LogP contribution is -2.49. The Labute approximate surface area is 181 Å². The summed E-state index contributed by atoms with van der Waals surface area (Å²) < 4.78 is 10.5. The zero-order valence-corrected chi connectivity index (χ0v) is 17.8. The fourth-order valence-corrected chi connectivity index (χ4v) is 4.09. The zero-order chi connectivity index (χ0) is 21.8. The van der Waals surface area contributed by atoms with Crippen LogP contribution in [0.4, 0.5) is 0 Å². The van der Waals surface area contributed by atoms with E-state index in [4.69, 9.17) is 9.47 Å². The highest BCUT2D eigenvalue weighted by Crippen LogP contribution is 2.26. The number of fused-ring (bicyclic) bond motifs is 1. The molecule has 0 radical (unpaired) electrons. The van der Waals surface area contributed by atoms with Gasteiger partial charge < -0.3 is 19.4 Å². The van der Waals surface area contributed by atoms with Crippen LogP contribution in [0.3, 0.4) is 0 Å². The third-order valence-electron chi connectivity index (χ3n) is 5.90. The number of rotatable bonds is 6. The molecular weight excluding hydrogens is 392 g/mol. The predicted octanol–water partition coefficient (Wildman–Crippen LogP) is 3.14. The Bertz CT molecular complexity index is 1090. The number of aromatic amines is 1.